The lowest BCUT2D eigenvalue weighted by Gasteiger charge is -2.51. The van der Waals surface area contributed by atoms with Gasteiger partial charge in [-0.15, -0.1) is 0 Å². The number of amidine groups is 1. The molecule has 2 heterocycles. The van der Waals surface area contributed by atoms with Crippen LogP contribution in [0.3, 0.4) is 0 Å². The molecule has 2 aliphatic heterocycles. The van der Waals surface area contributed by atoms with Crippen molar-refractivity contribution in [3.63, 3.8) is 0 Å². The molecular weight excluding hydrogens is 390 g/mol. The van der Waals surface area contributed by atoms with Crippen molar-refractivity contribution in [3.05, 3.63) is 28.8 Å². The van der Waals surface area contributed by atoms with E-state index in [1.54, 1.807) is 17.0 Å². The molecule has 3 aliphatic rings. The molecule has 1 aliphatic carbocycles. The molecule has 1 saturated carbocycles. The minimum Gasteiger partial charge on any atom is -0.325 e. The van der Waals surface area contributed by atoms with Crippen LogP contribution < -0.4 is 10.7 Å². The van der Waals surface area contributed by atoms with Crippen LogP contribution in [0.1, 0.15) is 45.1 Å². The molecule has 0 spiro atoms. The molecule has 3 unspecified atom stereocenters. The van der Waals surface area contributed by atoms with Crippen molar-refractivity contribution >= 4 is 34.9 Å². The fraction of sp³-hybridized carbons (Fsp3) is 0.571. The molecule has 1 aromatic rings. The number of fused-ring (bicyclic) bond motifs is 3. The minimum atomic E-state index is -0.507. The van der Waals surface area contributed by atoms with Crippen LogP contribution in [-0.4, -0.2) is 52.2 Å². The maximum atomic E-state index is 13.3. The van der Waals surface area contributed by atoms with Gasteiger partial charge in [-0.2, -0.15) is 5.10 Å². The van der Waals surface area contributed by atoms with E-state index in [0.717, 1.165) is 37.1 Å². The Kier molecular flexibility index (Phi) is 5.42. The number of anilines is 1. The van der Waals surface area contributed by atoms with Crippen molar-refractivity contribution in [2.24, 2.45) is 11.0 Å². The van der Waals surface area contributed by atoms with E-state index in [1.807, 2.05) is 13.0 Å². The van der Waals surface area contributed by atoms with Crippen molar-refractivity contribution in [3.8, 4) is 0 Å². The number of carbonyl (C=O) groups is 2. The molecule has 29 heavy (non-hydrogen) atoms. The smallest absolute Gasteiger partial charge is 0.268 e. The first kappa shape index (κ1) is 20.0. The van der Waals surface area contributed by atoms with Gasteiger partial charge in [-0.05, 0) is 37.5 Å². The Hall–Kier alpha value is -2.28. The lowest BCUT2D eigenvalue weighted by molar-refractivity contribution is -0.151. The molecule has 0 radical (unpaired) electrons. The minimum absolute atomic E-state index is 0.0301. The molecular formula is C21H28ClN5O2. The van der Waals surface area contributed by atoms with E-state index in [-0.39, 0.29) is 36.4 Å². The molecule has 2 N–H and O–H groups in total. The monoisotopic (exact) mass is 417 g/mol. The van der Waals surface area contributed by atoms with Gasteiger partial charge in [0.15, 0.2) is 6.17 Å². The topological polar surface area (TPSA) is 77.0 Å². The van der Waals surface area contributed by atoms with Crippen molar-refractivity contribution in [1.29, 1.82) is 0 Å². The van der Waals surface area contributed by atoms with Gasteiger partial charge in [-0.3, -0.25) is 15.0 Å². The summed E-state index contributed by atoms with van der Waals surface area (Å²) in [6.45, 7) is 6.10. The second kappa shape index (κ2) is 7.86. The van der Waals surface area contributed by atoms with E-state index in [2.05, 4.69) is 34.6 Å². The average Bonchev–Trinajstić information content (AvgIpc) is 3.14. The maximum absolute atomic E-state index is 13.3. The van der Waals surface area contributed by atoms with Crippen LogP contribution in [0.4, 0.5) is 5.69 Å². The van der Waals surface area contributed by atoms with E-state index >= 15 is 0 Å². The summed E-state index contributed by atoms with van der Waals surface area (Å²) in [5.74, 6) is 0.900. The van der Waals surface area contributed by atoms with Gasteiger partial charge in [0.2, 0.25) is 5.91 Å². The lowest BCUT2D eigenvalue weighted by atomic mass is 9.85. The Morgan fingerprint density at radius 2 is 2.03 bits per heavy atom. The zero-order valence-corrected chi connectivity index (χ0v) is 17.9. The van der Waals surface area contributed by atoms with Gasteiger partial charge in [0.1, 0.15) is 12.4 Å². The highest BCUT2D eigenvalue weighted by Gasteiger charge is 2.51. The molecule has 8 heteroatoms. The van der Waals surface area contributed by atoms with Crippen LogP contribution in [0.15, 0.2) is 23.3 Å². The first-order valence-electron chi connectivity index (χ1n) is 10.4. The Morgan fingerprint density at radius 1 is 1.31 bits per heavy atom. The highest BCUT2D eigenvalue weighted by Crippen LogP contribution is 2.35. The summed E-state index contributed by atoms with van der Waals surface area (Å²) >= 11 is 6.16. The number of rotatable bonds is 4. The molecule has 0 bridgehead atoms. The molecule has 3 atom stereocenters. The summed E-state index contributed by atoms with van der Waals surface area (Å²) in [5.41, 5.74) is 4.52. The molecule has 2 amide bonds. The SMILES string of the molecule is Cc1c(Cl)cccc1NC(=O)CN1C(=O)C2NN=C(C(C)C)N2C2CCCCC21. The number of hydrogen-bond acceptors (Lipinski definition) is 5. The number of hydrazone groups is 1. The predicted molar refractivity (Wildman–Crippen MR) is 114 cm³/mol. The number of carbonyl (C=O) groups excluding carboxylic acids is 2. The molecule has 7 nitrogen and oxygen atoms in total. The predicted octanol–water partition coefficient (Wildman–Crippen LogP) is 2.94. The Bertz CT molecular complexity index is 855. The van der Waals surface area contributed by atoms with Gasteiger partial charge in [0, 0.05) is 16.6 Å². The standard InChI is InChI=1S/C21H28ClN5O2/c1-12(2)19-24-25-20-21(29)26(16-9-4-5-10-17(16)27(19)20)11-18(28)23-15-8-6-7-14(22)13(15)3/h6-8,12,16-17,20,25H,4-5,9-11H2,1-3H3,(H,23,28). The average molecular weight is 418 g/mol. The third kappa shape index (κ3) is 3.56. The van der Waals surface area contributed by atoms with Gasteiger partial charge < -0.3 is 15.1 Å². The number of hydrogen-bond donors (Lipinski definition) is 2. The molecule has 1 saturated heterocycles. The Balaban J connectivity index is 1.54. The van der Waals surface area contributed by atoms with Gasteiger partial charge in [0.05, 0.1) is 12.1 Å². The van der Waals surface area contributed by atoms with E-state index in [1.165, 1.54) is 0 Å². The number of piperazine rings is 1. The Morgan fingerprint density at radius 3 is 2.76 bits per heavy atom. The highest BCUT2D eigenvalue weighted by atomic mass is 35.5. The van der Waals surface area contributed by atoms with Gasteiger partial charge in [0.25, 0.3) is 5.91 Å². The summed E-state index contributed by atoms with van der Waals surface area (Å²) in [7, 11) is 0. The first-order valence-corrected chi connectivity index (χ1v) is 10.7. The molecule has 156 valence electrons. The van der Waals surface area contributed by atoms with Gasteiger partial charge >= 0.3 is 0 Å². The van der Waals surface area contributed by atoms with Crippen molar-refractivity contribution < 1.29 is 9.59 Å². The summed E-state index contributed by atoms with van der Waals surface area (Å²) < 4.78 is 0. The molecule has 1 aromatic carbocycles. The number of amides is 2. The van der Waals surface area contributed by atoms with Crippen LogP contribution in [0, 0.1) is 12.8 Å². The summed E-state index contributed by atoms with van der Waals surface area (Å²) in [6, 6.07) is 5.65. The van der Waals surface area contributed by atoms with E-state index < -0.39 is 6.17 Å². The first-order chi connectivity index (χ1) is 13.9. The van der Waals surface area contributed by atoms with Gasteiger partial charge in [-0.1, -0.05) is 44.4 Å². The molecule has 4 rings (SSSR count). The second-order valence-corrected chi connectivity index (χ2v) is 8.82. The zero-order chi connectivity index (χ0) is 20.7. The van der Waals surface area contributed by atoms with E-state index in [4.69, 9.17) is 11.6 Å². The summed E-state index contributed by atoms with van der Waals surface area (Å²) in [6.07, 6.45) is 3.61. The van der Waals surface area contributed by atoms with Crippen LogP contribution >= 0.6 is 11.6 Å². The summed E-state index contributed by atoms with van der Waals surface area (Å²) in [5, 5.41) is 7.98. The van der Waals surface area contributed by atoms with Crippen molar-refractivity contribution in [2.45, 2.75) is 64.7 Å². The van der Waals surface area contributed by atoms with Crippen molar-refractivity contribution in [1.82, 2.24) is 15.2 Å². The maximum Gasteiger partial charge on any atom is 0.268 e. The Labute approximate surface area is 176 Å². The van der Waals surface area contributed by atoms with Crippen LogP contribution in [0.2, 0.25) is 5.02 Å². The quantitative estimate of drug-likeness (QED) is 0.789. The molecule has 0 aromatic heterocycles. The third-order valence-electron chi connectivity index (χ3n) is 6.18. The number of benzene rings is 1. The fourth-order valence-corrected chi connectivity index (χ4v) is 4.90. The van der Waals surface area contributed by atoms with Crippen LogP contribution in [0.5, 0.6) is 0 Å². The van der Waals surface area contributed by atoms with E-state index in [0.29, 0.717) is 10.7 Å². The largest absolute Gasteiger partial charge is 0.325 e. The van der Waals surface area contributed by atoms with Crippen molar-refractivity contribution in [2.75, 3.05) is 11.9 Å². The normalized spacial score (nSPS) is 26.0. The van der Waals surface area contributed by atoms with Crippen LogP contribution in [0.25, 0.3) is 0 Å². The fourth-order valence-electron chi connectivity index (χ4n) is 4.73. The summed E-state index contributed by atoms with van der Waals surface area (Å²) in [4.78, 5) is 30.0. The highest BCUT2D eigenvalue weighted by molar-refractivity contribution is 6.31. The molecule has 2 fully saturated rings. The lowest BCUT2D eigenvalue weighted by Crippen LogP contribution is -2.70. The van der Waals surface area contributed by atoms with Gasteiger partial charge in [-0.25, -0.2) is 0 Å². The number of halogens is 1. The van der Waals surface area contributed by atoms with Crippen LogP contribution in [-0.2, 0) is 9.59 Å². The number of nitrogens with zero attached hydrogens (tertiary/aromatic N) is 3. The van der Waals surface area contributed by atoms with E-state index in [9.17, 15) is 9.59 Å². The second-order valence-electron chi connectivity index (χ2n) is 8.41. The third-order valence-corrected chi connectivity index (χ3v) is 6.59. The number of nitrogens with one attached hydrogen (secondary N) is 2. The zero-order valence-electron chi connectivity index (χ0n) is 17.1.